The van der Waals surface area contributed by atoms with Gasteiger partial charge in [0.1, 0.15) is 0 Å². The second-order valence-corrected chi connectivity index (χ2v) is 6.30. The summed E-state index contributed by atoms with van der Waals surface area (Å²) in [6.07, 6.45) is 6.56. The first kappa shape index (κ1) is 15.5. The normalized spacial score (nSPS) is 26.9. The van der Waals surface area contributed by atoms with Gasteiger partial charge in [-0.15, -0.1) is 0 Å². The molecule has 0 saturated heterocycles. The first-order chi connectivity index (χ1) is 9.74. The van der Waals surface area contributed by atoms with Gasteiger partial charge in [-0.2, -0.15) is 0 Å². The van der Waals surface area contributed by atoms with Crippen molar-refractivity contribution in [3.63, 3.8) is 0 Å². The minimum absolute atomic E-state index is 0.226. The van der Waals surface area contributed by atoms with E-state index in [1.807, 2.05) is 0 Å². The van der Waals surface area contributed by atoms with Crippen LogP contribution in [0.1, 0.15) is 51.5 Å². The predicted molar refractivity (Wildman–Crippen MR) is 86.6 cm³/mol. The van der Waals surface area contributed by atoms with Crippen molar-refractivity contribution >= 4 is 0 Å². The largest absolute Gasteiger partial charge is 0.329 e. The molecule has 1 aromatic rings. The molecular weight excluding hydrogens is 244 g/mol. The van der Waals surface area contributed by atoms with Crippen molar-refractivity contribution < 1.29 is 0 Å². The van der Waals surface area contributed by atoms with Crippen molar-refractivity contribution in [1.82, 2.24) is 4.90 Å². The predicted octanol–water partition coefficient (Wildman–Crippen LogP) is 3.81. The van der Waals surface area contributed by atoms with Gasteiger partial charge in [0.2, 0.25) is 0 Å². The van der Waals surface area contributed by atoms with Gasteiger partial charge >= 0.3 is 0 Å². The number of likely N-dealkylation sites (N-methyl/N-ethyl adjacent to an activating group) is 1. The van der Waals surface area contributed by atoms with Crippen LogP contribution in [0.2, 0.25) is 0 Å². The van der Waals surface area contributed by atoms with Crippen LogP contribution in [-0.2, 0) is 6.54 Å². The van der Waals surface area contributed by atoms with Crippen molar-refractivity contribution in [3.05, 3.63) is 35.9 Å². The molecule has 1 fully saturated rings. The Morgan fingerprint density at radius 3 is 2.60 bits per heavy atom. The van der Waals surface area contributed by atoms with Gasteiger partial charge in [-0.05, 0) is 30.9 Å². The smallest absolute Gasteiger partial charge is 0.0337 e. The zero-order valence-electron chi connectivity index (χ0n) is 13.1. The highest BCUT2D eigenvalue weighted by molar-refractivity contribution is 5.15. The molecule has 1 aliphatic carbocycles. The molecule has 2 rings (SSSR count). The summed E-state index contributed by atoms with van der Waals surface area (Å²) in [6, 6.07) is 10.8. The first-order valence-corrected chi connectivity index (χ1v) is 8.23. The molecule has 2 heteroatoms. The highest BCUT2D eigenvalue weighted by Crippen LogP contribution is 2.38. The van der Waals surface area contributed by atoms with E-state index < -0.39 is 0 Å². The van der Waals surface area contributed by atoms with Gasteiger partial charge in [0.05, 0.1) is 0 Å². The summed E-state index contributed by atoms with van der Waals surface area (Å²) in [7, 11) is 0. The lowest BCUT2D eigenvalue weighted by Gasteiger charge is -2.48. The molecule has 112 valence electrons. The van der Waals surface area contributed by atoms with Gasteiger partial charge in [-0.25, -0.2) is 0 Å². The zero-order chi connectivity index (χ0) is 14.4. The monoisotopic (exact) mass is 274 g/mol. The standard InChI is InChI=1S/C18H30N2/c1-3-16-11-8-12-18(13-16,15-19)20(4-2)14-17-9-6-5-7-10-17/h5-7,9-10,16H,3-4,8,11-15,19H2,1-2H3. The van der Waals surface area contributed by atoms with Crippen LogP contribution in [0.5, 0.6) is 0 Å². The van der Waals surface area contributed by atoms with Crippen molar-refractivity contribution in [3.8, 4) is 0 Å². The number of hydrogen-bond donors (Lipinski definition) is 1. The molecule has 0 radical (unpaired) electrons. The van der Waals surface area contributed by atoms with Gasteiger partial charge < -0.3 is 5.73 Å². The summed E-state index contributed by atoms with van der Waals surface area (Å²) in [5.74, 6) is 0.858. The van der Waals surface area contributed by atoms with E-state index in [2.05, 4.69) is 49.1 Å². The number of rotatable bonds is 6. The highest BCUT2D eigenvalue weighted by Gasteiger charge is 2.38. The minimum Gasteiger partial charge on any atom is -0.329 e. The van der Waals surface area contributed by atoms with Crippen LogP contribution in [-0.4, -0.2) is 23.5 Å². The fourth-order valence-corrected chi connectivity index (χ4v) is 3.83. The van der Waals surface area contributed by atoms with E-state index >= 15 is 0 Å². The fraction of sp³-hybridized carbons (Fsp3) is 0.667. The maximum absolute atomic E-state index is 6.24. The molecule has 2 N–H and O–H groups in total. The summed E-state index contributed by atoms with van der Waals surface area (Å²) < 4.78 is 0. The van der Waals surface area contributed by atoms with Crippen LogP contribution in [0.4, 0.5) is 0 Å². The van der Waals surface area contributed by atoms with Gasteiger partial charge in [0, 0.05) is 18.6 Å². The molecule has 20 heavy (non-hydrogen) atoms. The van der Waals surface area contributed by atoms with E-state index in [-0.39, 0.29) is 5.54 Å². The van der Waals surface area contributed by atoms with Crippen molar-refractivity contribution in [2.24, 2.45) is 11.7 Å². The molecule has 2 atom stereocenters. The van der Waals surface area contributed by atoms with Crippen molar-refractivity contribution in [2.75, 3.05) is 13.1 Å². The highest BCUT2D eigenvalue weighted by atomic mass is 15.2. The fourth-order valence-electron chi connectivity index (χ4n) is 3.83. The van der Waals surface area contributed by atoms with Crippen LogP contribution >= 0.6 is 0 Å². The Morgan fingerprint density at radius 2 is 2.00 bits per heavy atom. The summed E-state index contributed by atoms with van der Waals surface area (Å²) in [5, 5.41) is 0. The van der Waals surface area contributed by atoms with Crippen molar-refractivity contribution in [2.45, 2.75) is 58.0 Å². The molecule has 1 aliphatic rings. The molecule has 0 bridgehead atoms. The average Bonchev–Trinajstić information content (AvgIpc) is 2.53. The SMILES string of the molecule is CCC1CCCC(CN)(N(CC)Cc2ccccc2)C1. The van der Waals surface area contributed by atoms with E-state index in [1.165, 1.54) is 37.7 Å². The first-order valence-electron chi connectivity index (χ1n) is 8.23. The Kier molecular flexibility index (Phi) is 5.62. The van der Waals surface area contributed by atoms with Crippen LogP contribution in [0.3, 0.4) is 0 Å². The van der Waals surface area contributed by atoms with Crippen LogP contribution < -0.4 is 5.73 Å². The maximum atomic E-state index is 6.24. The molecule has 2 unspecified atom stereocenters. The Morgan fingerprint density at radius 1 is 1.25 bits per heavy atom. The van der Waals surface area contributed by atoms with E-state index in [0.29, 0.717) is 0 Å². The second kappa shape index (κ2) is 7.24. The van der Waals surface area contributed by atoms with Crippen LogP contribution in [0.15, 0.2) is 30.3 Å². The van der Waals surface area contributed by atoms with Gasteiger partial charge in [0.15, 0.2) is 0 Å². The molecule has 2 nitrogen and oxygen atoms in total. The second-order valence-electron chi connectivity index (χ2n) is 6.30. The Bertz CT molecular complexity index is 390. The van der Waals surface area contributed by atoms with E-state index in [9.17, 15) is 0 Å². The van der Waals surface area contributed by atoms with E-state index in [1.54, 1.807) is 0 Å². The van der Waals surface area contributed by atoms with Crippen LogP contribution in [0, 0.1) is 5.92 Å². The summed E-state index contributed by atoms with van der Waals surface area (Å²) >= 11 is 0. The third-order valence-electron chi connectivity index (χ3n) is 5.15. The van der Waals surface area contributed by atoms with E-state index in [0.717, 1.165) is 25.6 Å². The molecule has 0 aliphatic heterocycles. The average molecular weight is 274 g/mol. The topological polar surface area (TPSA) is 29.3 Å². The molecule has 0 aromatic heterocycles. The van der Waals surface area contributed by atoms with Gasteiger partial charge in [0.25, 0.3) is 0 Å². The summed E-state index contributed by atoms with van der Waals surface area (Å²) in [5.41, 5.74) is 7.87. The molecule has 0 spiro atoms. The number of benzene rings is 1. The quantitative estimate of drug-likeness (QED) is 0.855. The van der Waals surface area contributed by atoms with Crippen molar-refractivity contribution in [1.29, 1.82) is 0 Å². The third-order valence-corrected chi connectivity index (χ3v) is 5.15. The molecule has 0 amide bonds. The zero-order valence-corrected chi connectivity index (χ0v) is 13.1. The molecule has 1 aromatic carbocycles. The lowest BCUT2D eigenvalue weighted by molar-refractivity contribution is 0.0323. The third kappa shape index (κ3) is 3.42. The molecule has 0 heterocycles. The number of nitrogens with two attached hydrogens (primary N) is 1. The lowest BCUT2D eigenvalue weighted by atomic mass is 9.73. The van der Waals surface area contributed by atoms with Crippen LogP contribution in [0.25, 0.3) is 0 Å². The lowest BCUT2D eigenvalue weighted by Crippen LogP contribution is -2.55. The molecular formula is C18H30N2. The number of nitrogens with zero attached hydrogens (tertiary/aromatic N) is 1. The minimum atomic E-state index is 0.226. The summed E-state index contributed by atoms with van der Waals surface area (Å²) in [4.78, 5) is 2.63. The Labute approximate surface area is 124 Å². The molecule has 1 saturated carbocycles. The van der Waals surface area contributed by atoms with Gasteiger partial charge in [-0.1, -0.05) is 63.4 Å². The van der Waals surface area contributed by atoms with Gasteiger partial charge in [-0.3, -0.25) is 4.90 Å². The van der Waals surface area contributed by atoms with E-state index in [4.69, 9.17) is 5.73 Å². The summed E-state index contributed by atoms with van der Waals surface area (Å²) in [6.45, 7) is 7.51. The number of hydrogen-bond acceptors (Lipinski definition) is 2. The maximum Gasteiger partial charge on any atom is 0.0337 e. The Balaban J connectivity index is 2.14. The Hall–Kier alpha value is -0.860.